The highest BCUT2D eigenvalue weighted by molar-refractivity contribution is 5.95. The molecule has 0 saturated carbocycles. The van der Waals surface area contributed by atoms with Crippen molar-refractivity contribution >= 4 is 17.4 Å². The van der Waals surface area contributed by atoms with E-state index in [1.165, 1.54) is 6.33 Å². The Morgan fingerprint density at radius 3 is 2.82 bits per heavy atom. The van der Waals surface area contributed by atoms with E-state index in [9.17, 15) is 4.79 Å². The first-order valence-corrected chi connectivity index (χ1v) is 11.5. The van der Waals surface area contributed by atoms with E-state index in [0.717, 1.165) is 35.4 Å². The normalized spacial score (nSPS) is 15.3. The Labute approximate surface area is 196 Å². The van der Waals surface area contributed by atoms with Gasteiger partial charge in [-0.15, -0.1) is 15.3 Å². The van der Waals surface area contributed by atoms with Crippen LogP contribution in [0, 0.1) is 6.92 Å². The molecule has 0 unspecified atom stereocenters. The Morgan fingerprint density at radius 2 is 2.00 bits per heavy atom. The SMILES string of the molecule is CCCCOc1ccc([C@H]2CC(=O)Nc3c2c(C)nn3-c2ccc3nncn3n2)cc1OCC. The molecule has 4 heterocycles. The maximum Gasteiger partial charge on any atom is 0.226 e. The Morgan fingerprint density at radius 1 is 1.12 bits per heavy atom. The Balaban J connectivity index is 1.55. The summed E-state index contributed by atoms with van der Waals surface area (Å²) in [5.74, 6) is 2.35. The number of amides is 1. The van der Waals surface area contributed by atoms with Crippen molar-refractivity contribution in [2.75, 3.05) is 18.5 Å². The van der Waals surface area contributed by atoms with Gasteiger partial charge in [0.25, 0.3) is 0 Å². The number of ether oxygens (including phenoxy) is 2. The molecule has 34 heavy (non-hydrogen) atoms. The average Bonchev–Trinajstić information content (AvgIpc) is 3.43. The molecule has 1 atom stereocenters. The largest absolute Gasteiger partial charge is 0.490 e. The van der Waals surface area contributed by atoms with E-state index in [1.807, 2.05) is 44.2 Å². The standard InChI is InChI=1S/C24H27N7O3/c1-4-6-11-34-18-8-7-16(12-19(18)33-5-2)17-13-22(32)26-24-23(17)15(3)28-31(24)21-10-9-20-27-25-14-30(20)29-21/h7-10,12,14,17H,4-6,11,13H2,1-3H3,(H,26,32)/t17-/m1/s1. The number of carbonyl (C=O) groups excluding carboxylic acids is 1. The number of nitrogens with zero attached hydrogens (tertiary/aromatic N) is 6. The number of anilines is 1. The van der Waals surface area contributed by atoms with Crippen molar-refractivity contribution in [3.8, 4) is 17.3 Å². The van der Waals surface area contributed by atoms with E-state index in [2.05, 4.69) is 27.5 Å². The molecule has 0 bridgehead atoms. The van der Waals surface area contributed by atoms with Crippen molar-refractivity contribution in [1.29, 1.82) is 0 Å². The molecule has 0 spiro atoms. The molecule has 10 nitrogen and oxygen atoms in total. The number of hydrogen-bond donors (Lipinski definition) is 1. The van der Waals surface area contributed by atoms with E-state index in [4.69, 9.17) is 14.6 Å². The number of aryl methyl sites for hydroxylation is 1. The topological polar surface area (TPSA) is 108 Å². The van der Waals surface area contributed by atoms with Crippen LogP contribution in [-0.4, -0.2) is 48.7 Å². The minimum atomic E-state index is -0.167. The van der Waals surface area contributed by atoms with Crippen LogP contribution in [0.2, 0.25) is 0 Å². The van der Waals surface area contributed by atoms with Crippen molar-refractivity contribution in [2.45, 2.75) is 46.0 Å². The lowest BCUT2D eigenvalue weighted by molar-refractivity contribution is -0.116. The van der Waals surface area contributed by atoms with Crippen LogP contribution in [0.25, 0.3) is 11.5 Å². The van der Waals surface area contributed by atoms with E-state index in [1.54, 1.807) is 9.20 Å². The quantitative estimate of drug-likeness (QED) is 0.399. The van der Waals surface area contributed by atoms with Crippen LogP contribution in [0.1, 0.15) is 55.8 Å². The first-order chi connectivity index (χ1) is 16.6. The van der Waals surface area contributed by atoms with Crippen LogP contribution in [0.3, 0.4) is 0 Å². The summed E-state index contributed by atoms with van der Waals surface area (Å²) in [4.78, 5) is 12.8. The molecular formula is C24H27N7O3. The Kier molecular flexibility index (Phi) is 5.87. The van der Waals surface area contributed by atoms with Crippen LogP contribution in [0.5, 0.6) is 11.5 Å². The van der Waals surface area contributed by atoms with Gasteiger partial charge in [-0.3, -0.25) is 4.79 Å². The van der Waals surface area contributed by atoms with Gasteiger partial charge in [0.15, 0.2) is 23.0 Å². The van der Waals surface area contributed by atoms with Crippen molar-refractivity contribution in [1.82, 2.24) is 29.6 Å². The summed E-state index contributed by atoms with van der Waals surface area (Å²) in [6, 6.07) is 9.54. The summed E-state index contributed by atoms with van der Waals surface area (Å²) in [5, 5.41) is 20.1. The molecular weight excluding hydrogens is 434 g/mol. The van der Waals surface area contributed by atoms with Gasteiger partial charge in [0, 0.05) is 17.9 Å². The highest BCUT2D eigenvalue weighted by Crippen LogP contribution is 2.42. The van der Waals surface area contributed by atoms with Crippen LogP contribution in [0.4, 0.5) is 5.82 Å². The Bertz CT molecular complexity index is 1340. The molecule has 5 rings (SSSR count). The molecule has 0 fully saturated rings. The van der Waals surface area contributed by atoms with Crippen molar-refractivity contribution in [3.63, 3.8) is 0 Å². The number of unbranched alkanes of at least 4 members (excludes halogenated alkanes) is 1. The van der Waals surface area contributed by atoms with Gasteiger partial charge in [-0.05, 0) is 50.1 Å². The van der Waals surface area contributed by atoms with Gasteiger partial charge in [-0.25, -0.2) is 0 Å². The first kappa shape index (κ1) is 21.9. The van der Waals surface area contributed by atoms with E-state index in [0.29, 0.717) is 42.7 Å². The molecule has 0 aliphatic carbocycles. The zero-order chi connectivity index (χ0) is 23.7. The molecule has 1 aliphatic rings. The van der Waals surface area contributed by atoms with Gasteiger partial charge in [0.2, 0.25) is 5.91 Å². The first-order valence-electron chi connectivity index (χ1n) is 11.5. The third-order valence-corrected chi connectivity index (χ3v) is 5.89. The van der Waals surface area contributed by atoms with Gasteiger partial charge in [-0.1, -0.05) is 19.4 Å². The molecule has 1 aliphatic heterocycles. The van der Waals surface area contributed by atoms with E-state index >= 15 is 0 Å². The minimum Gasteiger partial charge on any atom is -0.490 e. The van der Waals surface area contributed by atoms with E-state index < -0.39 is 0 Å². The molecule has 1 amide bonds. The van der Waals surface area contributed by atoms with E-state index in [-0.39, 0.29) is 11.8 Å². The lowest BCUT2D eigenvalue weighted by Gasteiger charge is -2.25. The average molecular weight is 462 g/mol. The molecule has 0 saturated heterocycles. The van der Waals surface area contributed by atoms with Gasteiger partial charge in [-0.2, -0.15) is 14.3 Å². The smallest absolute Gasteiger partial charge is 0.226 e. The lowest BCUT2D eigenvalue weighted by atomic mass is 9.85. The fourth-order valence-corrected chi connectivity index (χ4v) is 4.28. The molecule has 10 heteroatoms. The number of hydrogen-bond acceptors (Lipinski definition) is 7. The summed E-state index contributed by atoms with van der Waals surface area (Å²) in [6.45, 7) is 7.19. The highest BCUT2D eigenvalue weighted by atomic mass is 16.5. The zero-order valence-electron chi connectivity index (χ0n) is 19.5. The second kappa shape index (κ2) is 9.12. The maximum atomic E-state index is 12.8. The maximum absolute atomic E-state index is 12.8. The lowest BCUT2D eigenvalue weighted by Crippen LogP contribution is -2.25. The summed E-state index contributed by atoms with van der Waals surface area (Å²) in [7, 11) is 0. The van der Waals surface area contributed by atoms with Crippen molar-refractivity contribution in [3.05, 3.63) is 53.5 Å². The van der Waals surface area contributed by atoms with Crippen LogP contribution >= 0.6 is 0 Å². The molecule has 176 valence electrons. The summed E-state index contributed by atoms with van der Waals surface area (Å²) in [6.07, 6.45) is 3.89. The van der Waals surface area contributed by atoms with Gasteiger partial charge >= 0.3 is 0 Å². The summed E-state index contributed by atoms with van der Waals surface area (Å²) >= 11 is 0. The van der Waals surface area contributed by atoms with Crippen LogP contribution in [0.15, 0.2) is 36.7 Å². The fourth-order valence-electron chi connectivity index (χ4n) is 4.28. The van der Waals surface area contributed by atoms with Crippen molar-refractivity contribution in [2.24, 2.45) is 0 Å². The molecule has 0 radical (unpaired) electrons. The highest BCUT2D eigenvalue weighted by Gasteiger charge is 2.33. The van der Waals surface area contributed by atoms with Gasteiger partial charge in [0.05, 0.1) is 18.9 Å². The molecule has 3 aromatic heterocycles. The second-order valence-electron chi connectivity index (χ2n) is 8.23. The zero-order valence-corrected chi connectivity index (χ0v) is 19.5. The number of carbonyl (C=O) groups is 1. The predicted octanol–water partition coefficient (Wildman–Crippen LogP) is 3.67. The number of fused-ring (bicyclic) bond motifs is 2. The third kappa shape index (κ3) is 3.95. The number of benzene rings is 1. The van der Waals surface area contributed by atoms with Crippen LogP contribution < -0.4 is 14.8 Å². The minimum absolute atomic E-state index is 0.0785. The molecule has 1 N–H and O–H groups in total. The monoisotopic (exact) mass is 461 g/mol. The number of rotatable bonds is 8. The van der Waals surface area contributed by atoms with Crippen LogP contribution in [-0.2, 0) is 4.79 Å². The van der Waals surface area contributed by atoms with Gasteiger partial charge < -0.3 is 14.8 Å². The molecule has 1 aromatic carbocycles. The third-order valence-electron chi connectivity index (χ3n) is 5.89. The number of aromatic nitrogens is 6. The van der Waals surface area contributed by atoms with Gasteiger partial charge in [0.1, 0.15) is 12.1 Å². The summed E-state index contributed by atoms with van der Waals surface area (Å²) in [5.41, 5.74) is 3.40. The predicted molar refractivity (Wildman–Crippen MR) is 126 cm³/mol. The second-order valence-corrected chi connectivity index (χ2v) is 8.23. The molecule has 4 aromatic rings. The number of nitrogens with one attached hydrogen (secondary N) is 1. The Hall–Kier alpha value is -3.95. The fraction of sp³-hybridized carbons (Fsp3) is 0.375. The summed E-state index contributed by atoms with van der Waals surface area (Å²) < 4.78 is 15.1. The van der Waals surface area contributed by atoms with Crippen molar-refractivity contribution < 1.29 is 14.3 Å².